The van der Waals surface area contributed by atoms with Gasteiger partial charge in [0, 0.05) is 6.04 Å². The van der Waals surface area contributed by atoms with E-state index in [2.05, 4.69) is 5.32 Å². The van der Waals surface area contributed by atoms with Crippen molar-refractivity contribution in [3.05, 3.63) is 48.0 Å². The third-order valence-corrected chi connectivity index (χ3v) is 3.16. The maximum absolute atomic E-state index is 10.5. The summed E-state index contributed by atoms with van der Waals surface area (Å²) < 4.78 is 0. The minimum atomic E-state index is -0.933. The predicted molar refractivity (Wildman–Crippen MR) is 74.0 cm³/mol. The van der Waals surface area contributed by atoms with E-state index in [1.54, 1.807) is 6.92 Å². The number of carboxylic acid groups (broad SMARTS) is 1. The molecule has 0 saturated carbocycles. The molecule has 0 saturated heterocycles. The Hall–Kier alpha value is -1.91. The molecule has 2 atom stereocenters. The highest BCUT2D eigenvalue weighted by Crippen LogP contribution is 2.22. The van der Waals surface area contributed by atoms with Gasteiger partial charge in [-0.25, -0.2) is 0 Å². The first-order valence-corrected chi connectivity index (χ1v) is 6.20. The van der Waals surface area contributed by atoms with Gasteiger partial charge >= 0.3 is 5.97 Å². The number of hydrogen-bond donors (Lipinski definition) is 3. The van der Waals surface area contributed by atoms with Crippen molar-refractivity contribution in [1.29, 1.82) is 0 Å². The number of aliphatic hydroxyl groups is 1. The molecule has 0 aliphatic carbocycles. The molecule has 0 aromatic heterocycles. The molecular formula is C15H17NO3. The third-order valence-electron chi connectivity index (χ3n) is 3.16. The Kier molecular flexibility index (Phi) is 4.14. The Bertz CT molecular complexity index is 582. The van der Waals surface area contributed by atoms with E-state index in [1.807, 2.05) is 42.5 Å². The van der Waals surface area contributed by atoms with E-state index in [0.29, 0.717) is 0 Å². The van der Waals surface area contributed by atoms with Crippen LogP contribution in [-0.2, 0) is 4.79 Å². The first kappa shape index (κ1) is 13.5. The molecule has 2 rings (SSSR count). The quantitative estimate of drug-likeness (QED) is 0.767. The van der Waals surface area contributed by atoms with Crippen LogP contribution in [0.5, 0.6) is 0 Å². The van der Waals surface area contributed by atoms with Crippen molar-refractivity contribution in [3.8, 4) is 0 Å². The van der Waals surface area contributed by atoms with Gasteiger partial charge in [-0.15, -0.1) is 0 Å². The molecule has 0 amide bonds. The zero-order valence-electron chi connectivity index (χ0n) is 10.7. The highest BCUT2D eigenvalue weighted by Gasteiger charge is 2.16. The van der Waals surface area contributed by atoms with Gasteiger partial charge < -0.3 is 15.5 Å². The van der Waals surface area contributed by atoms with Crippen molar-refractivity contribution in [2.45, 2.75) is 19.1 Å². The zero-order chi connectivity index (χ0) is 13.8. The van der Waals surface area contributed by atoms with Crippen LogP contribution < -0.4 is 5.32 Å². The fraction of sp³-hybridized carbons (Fsp3) is 0.267. The standard InChI is InChI=1S/C15H17NO3/c1-10(16-9-14(17)18)15(19)13-7-6-11-4-2-3-5-12(11)8-13/h2-8,10,15-16,19H,9H2,1H3,(H,17,18). The highest BCUT2D eigenvalue weighted by atomic mass is 16.4. The van der Waals surface area contributed by atoms with Crippen LogP contribution in [0.3, 0.4) is 0 Å². The van der Waals surface area contributed by atoms with E-state index >= 15 is 0 Å². The molecule has 2 aromatic rings. The smallest absolute Gasteiger partial charge is 0.317 e. The Morgan fingerprint density at radius 2 is 1.89 bits per heavy atom. The van der Waals surface area contributed by atoms with Gasteiger partial charge in [0.05, 0.1) is 12.6 Å². The molecule has 100 valence electrons. The molecule has 0 aliphatic heterocycles. The Morgan fingerprint density at radius 3 is 2.58 bits per heavy atom. The Morgan fingerprint density at radius 1 is 1.21 bits per heavy atom. The molecule has 0 bridgehead atoms. The highest BCUT2D eigenvalue weighted by molar-refractivity contribution is 5.83. The topological polar surface area (TPSA) is 69.6 Å². The van der Waals surface area contributed by atoms with Gasteiger partial charge in [0.25, 0.3) is 0 Å². The van der Waals surface area contributed by atoms with Crippen LogP contribution in [0.25, 0.3) is 10.8 Å². The van der Waals surface area contributed by atoms with E-state index < -0.39 is 12.1 Å². The van der Waals surface area contributed by atoms with Crippen molar-refractivity contribution in [3.63, 3.8) is 0 Å². The molecule has 0 radical (unpaired) electrons. The fourth-order valence-corrected chi connectivity index (χ4v) is 2.04. The summed E-state index contributed by atoms with van der Waals surface area (Å²) in [6, 6.07) is 13.3. The second-order valence-corrected chi connectivity index (χ2v) is 4.61. The van der Waals surface area contributed by atoms with Crippen molar-refractivity contribution in [2.75, 3.05) is 6.54 Å². The number of carboxylic acids is 1. The minimum Gasteiger partial charge on any atom is -0.480 e. The summed E-state index contributed by atoms with van der Waals surface area (Å²) in [5, 5.41) is 23.8. The maximum Gasteiger partial charge on any atom is 0.317 e. The summed E-state index contributed by atoms with van der Waals surface area (Å²) >= 11 is 0. The Balaban J connectivity index is 2.16. The van der Waals surface area contributed by atoms with Crippen LogP contribution in [0.15, 0.2) is 42.5 Å². The lowest BCUT2D eigenvalue weighted by Crippen LogP contribution is -2.35. The van der Waals surface area contributed by atoms with Crippen LogP contribution in [0.1, 0.15) is 18.6 Å². The molecule has 4 heteroatoms. The van der Waals surface area contributed by atoms with E-state index in [4.69, 9.17) is 5.11 Å². The van der Waals surface area contributed by atoms with Crippen LogP contribution in [0.2, 0.25) is 0 Å². The number of aliphatic hydroxyl groups excluding tert-OH is 1. The van der Waals surface area contributed by atoms with Crippen molar-refractivity contribution in [1.82, 2.24) is 5.32 Å². The molecule has 0 heterocycles. The largest absolute Gasteiger partial charge is 0.480 e. The number of carbonyl (C=O) groups is 1. The van der Waals surface area contributed by atoms with Crippen LogP contribution in [0, 0.1) is 0 Å². The number of benzene rings is 2. The lowest BCUT2D eigenvalue weighted by molar-refractivity contribution is -0.136. The van der Waals surface area contributed by atoms with Gasteiger partial charge in [0.2, 0.25) is 0 Å². The SMILES string of the molecule is CC(NCC(=O)O)C(O)c1ccc2ccccc2c1. The van der Waals surface area contributed by atoms with E-state index in [9.17, 15) is 9.90 Å². The summed E-state index contributed by atoms with van der Waals surface area (Å²) in [5.41, 5.74) is 0.782. The number of nitrogens with one attached hydrogen (secondary N) is 1. The normalized spacial score (nSPS) is 14.2. The van der Waals surface area contributed by atoms with Gasteiger partial charge in [-0.1, -0.05) is 36.4 Å². The molecule has 2 unspecified atom stereocenters. The Labute approximate surface area is 111 Å². The zero-order valence-corrected chi connectivity index (χ0v) is 10.7. The number of rotatable bonds is 5. The summed E-state index contributed by atoms with van der Waals surface area (Å²) in [6.45, 7) is 1.61. The van der Waals surface area contributed by atoms with Crippen molar-refractivity contribution < 1.29 is 15.0 Å². The van der Waals surface area contributed by atoms with E-state index in [0.717, 1.165) is 16.3 Å². The average Bonchev–Trinajstić information content (AvgIpc) is 2.43. The van der Waals surface area contributed by atoms with E-state index in [1.165, 1.54) is 0 Å². The van der Waals surface area contributed by atoms with Crippen molar-refractivity contribution >= 4 is 16.7 Å². The molecule has 2 aromatic carbocycles. The fourth-order valence-electron chi connectivity index (χ4n) is 2.04. The van der Waals surface area contributed by atoms with Gasteiger partial charge in [0.1, 0.15) is 0 Å². The summed E-state index contributed by atoms with van der Waals surface area (Å²) in [4.78, 5) is 10.5. The van der Waals surface area contributed by atoms with Gasteiger partial charge in [-0.2, -0.15) is 0 Å². The molecule has 0 fully saturated rings. The predicted octanol–water partition coefficient (Wildman–Crippen LogP) is 1.94. The molecule has 3 N–H and O–H groups in total. The molecule has 0 spiro atoms. The molecule has 0 aliphatic rings. The lowest BCUT2D eigenvalue weighted by atomic mass is 10.00. The maximum atomic E-state index is 10.5. The second kappa shape index (κ2) is 5.82. The minimum absolute atomic E-state index is 0.161. The number of hydrogen-bond acceptors (Lipinski definition) is 3. The van der Waals surface area contributed by atoms with Gasteiger partial charge in [-0.05, 0) is 29.3 Å². The monoisotopic (exact) mass is 259 g/mol. The first-order valence-electron chi connectivity index (χ1n) is 6.20. The first-order chi connectivity index (χ1) is 9.08. The summed E-state index contributed by atoms with van der Waals surface area (Å²) in [5.74, 6) is -0.933. The number of fused-ring (bicyclic) bond motifs is 1. The third kappa shape index (κ3) is 3.30. The van der Waals surface area contributed by atoms with Crippen molar-refractivity contribution in [2.24, 2.45) is 0 Å². The van der Waals surface area contributed by atoms with Gasteiger partial charge in [-0.3, -0.25) is 4.79 Å². The van der Waals surface area contributed by atoms with Crippen LogP contribution >= 0.6 is 0 Å². The molecule has 19 heavy (non-hydrogen) atoms. The molecule has 4 nitrogen and oxygen atoms in total. The summed E-state index contributed by atoms with van der Waals surface area (Å²) in [7, 11) is 0. The van der Waals surface area contributed by atoms with E-state index in [-0.39, 0.29) is 12.6 Å². The number of aliphatic carboxylic acids is 1. The average molecular weight is 259 g/mol. The second-order valence-electron chi connectivity index (χ2n) is 4.61. The van der Waals surface area contributed by atoms with Crippen LogP contribution in [0.4, 0.5) is 0 Å². The van der Waals surface area contributed by atoms with Crippen LogP contribution in [-0.4, -0.2) is 28.8 Å². The van der Waals surface area contributed by atoms with Gasteiger partial charge in [0.15, 0.2) is 0 Å². The summed E-state index contributed by atoms with van der Waals surface area (Å²) in [6.07, 6.45) is -0.732. The lowest BCUT2D eigenvalue weighted by Gasteiger charge is -2.20. The molecular weight excluding hydrogens is 242 g/mol.